The van der Waals surface area contributed by atoms with Gasteiger partial charge in [-0.15, -0.1) is 0 Å². The van der Waals surface area contributed by atoms with Crippen LogP contribution in [0.1, 0.15) is 0 Å². The van der Waals surface area contributed by atoms with E-state index in [0.29, 0.717) is 10.5 Å². The molecule has 134 valence electrons. The second-order valence-electron chi connectivity index (χ2n) is 5.26. The fraction of sp³-hybridized carbons (Fsp3) is 0.0625. The maximum Gasteiger partial charge on any atom is 0.261 e. The van der Waals surface area contributed by atoms with E-state index in [4.69, 9.17) is 58.0 Å². The van der Waals surface area contributed by atoms with Crippen LogP contribution in [0.25, 0.3) is 10.9 Å². The summed E-state index contributed by atoms with van der Waals surface area (Å²) in [6.45, 7) is -0.289. The Balaban J connectivity index is 1.89. The highest BCUT2D eigenvalue weighted by atomic mass is 35.5. The van der Waals surface area contributed by atoms with Crippen molar-refractivity contribution in [2.24, 2.45) is 0 Å². The largest absolute Gasteiger partial charge is 0.323 e. The molecular weight excluding hydrogens is 443 g/mol. The Labute approximate surface area is 172 Å². The summed E-state index contributed by atoms with van der Waals surface area (Å²) < 4.78 is 1.13. The quantitative estimate of drug-likeness (QED) is 0.550. The third-order valence-corrected chi connectivity index (χ3v) is 4.98. The van der Waals surface area contributed by atoms with E-state index in [1.54, 1.807) is 0 Å². The van der Waals surface area contributed by atoms with Crippen LogP contribution in [0.5, 0.6) is 0 Å². The number of carbonyl (C=O) groups excluding carboxylic acids is 1. The van der Waals surface area contributed by atoms with Gasteiger partial charge in [0, 0.05) is 5.02 Å². The number of carbonyl (C=O) groups is 1. The molecule has 0 spiro atoms. The number of amides is 1. The lowest BCUT2D eigenvalue weighted by molar-refractivity contribution is -0.116. The summed E-state index contributed by atoms with van der Waals surface area (Å²) in [5.74, 6) is -0.498. The molecule has 5 nitrogen and oxygen atoms in total. The second-order valence-corrected chi connectivity index (χ2v) is 7.32. The molecule has 1 amide bonds. The van der Waals surface area contributed by atoms with Gasteiger partial charge in [-0.05, 0) is 24.3 Å². The summed E-state index contributed by atoms with van der Waals surface area (Å²) in [6, 6.07) is 5.77. The van der Waals surface area contributed by atoms with E-state index in [1.807, 2.05) is 0 Å². The first-order valence-electron chi connectivity index (χ1n) is 7.05. The number of halogens is 5. The van der Waals surface area contributed by atoms with Crippen molar-refractivity contribution in [2.45, 2.75) is 6.54 Å². The highest BCUT2D eigenvalue weighted by Gasteiger charge is 2.13. The molecule has 26 heavy (non-hydrogen) atoms. The molecule has 0 aliphatic heterocycles. The lowest BCUT2D eigenvalue weighted by atomic mass is 10.2. The maximum absolute atomic E-state index is 12.5. The van der Waals surface area contributed by atoms with Gasteiger partial charge >= 0.3 is 0 Å². The van der Waals surface area contributed by atoms with Gasteiger partial charge in [0.1, 0.15) is 6.54 Å². The Kier molecular flexibility index (Phi) is 5.65. The number of hydrogen-bond acceptors (Lipinski definition) is 3. The summed E-state index contributed by atoms with van der Waals surface area (Å²) in [7, 11) is 0. The number of nitrogens with one attached hydrogen (secondary N) is 1. The lowest BCUT2D eigenvalue weighted by Gasteiger charge is -2.10. The topological polar surface area (TPSA) is 64.0 Å². The minimum absolute atomic E-state index is 0.213. The fourth-order valence-electron chi connectivity index (χ4n) is 2.27. The molecule has 0 saturated heterocycles. The zero-order chi connectivity index (χ0) is 19.0. The Bertz CT molecular complexity index is 1100. The fourth-order valence-corrected chi connectivity index (χ4v) is 3.41. The summed E-state index contributed by atoms with van der Waals surface area (Å²) >= 11 is 29.8. The zero-order valence-corrected chi connectivity index (χ0v) is 16.5. The van der Waals surface area contributed by atoms with Crippen LogP contribution >= 0.6 is 58.0 Å². The van der Waals surface area contributed by atoms with Crippen molar-refractivity contribution in [2.75, 3.05) is 5.32 Å². The second kappa shape index (κ2) is 7.62. The molecule has 0 bridgehead atoms. The SMILES string of the molecule is O=C(Cn1cnc2c(Cl)cc(Cl)cc2c1=O)Nc1cc(Cl)c(Cl)cc1Cl. The molecule has 3 rings (SSSR count). The molecule has 0 saturated carbocycles. The smallest absolute Gasteiger partial charge is 0.261 e. The first kappa shape index (κ1) is 19.3. The third kappa shape index (κ3) is 3.92. The van der Waals surface area contributed by atoms with Gasteiger partial charge in [-0.3, -0.25) is 14.2 Å². The van der Waals surface area contributed by atoms with E-state index in [0.717, 1.165) is 4.57 Å². The molecule has 2 aromatic carbocycles. The molecule has 0 radical (unpaired) electrons. The van der Waals surface area contributed by atoms with Gasteiger partial charge in [-0.1, -0.05) is 58.0 Å². The molecular formula is C16H8Cl5N3O2. The molecule has 10 heteroatoms. The van der Waals surface area contributed by atoms with E-state index in [-0.39, 0.29) is 37.7 Å². The molecule has 0 aliphatic carbocycles. The van der Waals surface area contributed by atoms with Crippen LogP contribution < -0.4 is 10.9 Å². The minimum Gasteiger partial charge on any atom is -0.323 e. The number of rotatable bonds is 3. The average molecular weight is 452 g/mol. The third-order valence-electron chi connectivity index (χ3n) is 3.44. The Morgan fingerprint density at radius 2 is 1.65 bits per heavy atom. The summed E-state index contributed by atoms with van der Waals surface area (Å²) in [6.07, 6.45) is 1.24. The predicted octanol–water partition coefficient (Wildman–Crippen LogP) is 5.30. The van der Waals surface area contributed by atoms with E-state index in [2.05, 4.69) is 10.3 Å². The monoisotopic (exact) mass is 449 g/mol. The van der Waals surface area contributed by atoms with Gasteiger partial charge in [0.25, 0.3) is 5.56 Å². The van der Waals surface area contributed by atoms with Crippen LogP contribution in [0.15, 0.2) is 35.4 Å². The molecule has 0 unspecified atom stereocenters. The number of benzene rings is 2. The van der Waals surface area contributed by atoms with Crippen molar-refractivity contribution < 1.29 is 4.79 Å². The van der Waals surface area contributed by atoms with E-state index >= 15 is 0 Å². The Hall–Kier alpha value is -1.50. The van der Waals surface area contributed by atoms with Gasteiger partial charge < -0.3 is 5.32 Å². The minimum atomic E-state index is -0.498. The van der Waals surface area contributed by atoms with Gasteiger partial charge in [-0.2, -0.15) is 0 Å². The van der Waals surface area contributed by atoms with Crippen LogP contribution in [-0.2, 0) is 11.3 Å². The van der Waals surface area contributed by atoms with Crippen molar-refractivity contribution in [1.29, 1.82) is 0 Å². The van der Waals surface area contributed by atoms with Crippen LogP contribution in [0.3, 0.4) is 0 Å². The Morgan fingerprint density at radius 1 is 0.962 bits per heavy atom. The van der Waals surface area contributed by atoms with Crippen LogP contribution in [-0.4, -0.2) is 15.5 Å². The predicted molar refractivity (Wildman–Crippen MR) is 106 cm³/mol. The van der Waals surface area contributed by atoms with E-state index < -0.39 is 11.5 Å². The van der Waals surface area contributed by atoms with Crippen molar-refractivity contribution >= 4 is 80.5 Å². The summed E-state index contributed by atoms with van der Waals surface area (Å²) in [5, 5.41) is 4.05. The summed E-state index contributed by atoms with van der Waals surface area (Å²) in [5.41, 5.74) is 0.138. The van der Waals surface area contributed by atoms with Crippen molar-refractivity contribution in [1.82, 2.24) is 9.55 Å². The van der Waals surface area contributed by atoms with Gasteiger partial charge in [-0.25, -0.2) is 4.98 Å². The molecule has 0 fully saturated rings. The van der Waals surface area contributed by atoms with Gasteiger partial charge in [0.05, 0.1) is 43.0 Å². The molecule has 0 atom stereocenters. The average Bonchev–Trinajstić information content (AvgIpc) is 2.55. The van der Waals surface area contributed by atoms with E-state index in [9.17, 15) is 9.59 Å². The van der Waals surface area contributed by atoms with Crippen molar-refractivity contribution in [3.63, 3.8) is 0 Å². The number of aromatic nitrogens is 2. The number of anilines is 1. The van der Waals surface area contributed by atoms with Crippen molar-refractivity contribution in [3.8, 4) is 0 Å². The number of fused-ring (bicyclic) bond motifs is 1. The molecule has 1 aromatic heterocycles. The molecule has 3 aromatic rings. The number of nitrogens with zero attached hydrogens (tertiary/aromatic N) is 2. The van der Waals surface area contributed by atoms with Crippen LogP contribution in [0.4, 0.5) is 5.69 Å². The van der Waals surface area contributed by atoms with Crippen molar-refractivity contribution in [3.05, 3.63) is 66.1 Å². The lowest BCUT2D eigenvalue weighted by Crippen LogP contribution is -2.28. The molecule has 1 heterocycles. The summed E-state index contributed by atoms with van der Waals surface area (Å²) in [4.78, 5) is 28.9. The molecule has 1 N–H and O–H groups in total. The van der Waals surface area contributed by atoms with Gasteiger partial charge in [0.15, 0.2) is 0 Å². The first-order chi connectivity index (χ1) is 12.3. The zero-order valence-electron chi connectivity index (χ0n) is 12.7. The maximum atomic E-state index is 12.5. The van der Waals surface area contributed by atoms with Crippen LogP contribution in [0.2, 0.25) is 25.1 Å². The highest BCUT2D eigenvalue weighted by Crippen LogP contribution is 2.32. The normalized spacial score (nSPS) is 11.0. The standard InChI is InChI=1S/C16H8Cl5N3O2/c17-7-1-8-15(12(21)2-7)22-6-24(16(8)26)5-14(25)23-13-4-10(19)9(18)3-11(13)20/h1-4,6H,5H2,(H,23,25). The first-order valence-corrected chi connectivity index (χ1v) is 8.94. The van der Waals surface area contributed by atoms with Gasteiger partial charge in [0.2, 0.25) is 5.91 Å². The van der Waals surface area contributed by atoms with Crippen LogP contribution in [0, 0.1) is 0 Å². The Morgan fingerprint density at radius 3 is 2.38 bits per heavy atom. The van der Waals surface area contributed by atoms with E-state index in [1.165, 1.54) is 30.6 Å². The highest BCUT2D eigenvalue weighted by molar-refractivity contribution is 6.44. The molecule has 0 aliphatic rings. The number of hydrogen-bond donors (Lipinski definition) is 1.